The van der Waals surface area contributed by atoms with Crippen molar-refractivity contribution >= 4 is 23.2 Å². The van der Waals surface area contributed by atoms with Gasteiger partial charge in [0.2, 0.25) is 0 Å². The monoisotopic (exact) mass is 417 g/mol. The molecule has 0 bridgehead atoms. The molecule has 0 aliphatic carbocycles. The van der Waals surface area contributed by atoms with Crippen LogP contribution in [0.4, 0.5) is 8.78 Å². The van der Waals surface area contributed by atoms with Crippen molar-refractivity contribution in [3.63, 3.8) is 0 Å². The molecule has 0 saturated carbocycles. The van der Waals surface area contributed by atoms with E-state index in [4.69, 9.17) is 23.2 Å². The lowest BCUT2D eigenvalue weighted by molar-refractivity contribution is 0.571. The Morgan fingerprint density at radius 2 is 1.37 bits per heavy atom. The summed E-state index contributed by atoms with van der Waals surface area (Å²) in [7, 11) is 0. The fourth-order valence-corrected chi connectivity index (χ4v) is 3.04. The molecule has 27 heavy (non-hydrogen) atoms. The third-order valence-electron chi connectivity index (χ3n) is 4.00. The highest BCUT2D eigenvalue weighted by Gasteiger charge is 2.14. The standard InChI is InChI=1S/C10H13ClFN.C10H12ClF.C2H6/c1-4-7-8(11)5-13-10(6(2)3)9(7)12;1-3-7-5-6-9(11)8(4-2)10(7)12;1-2/h5-6H,4H2,1-3H3;5-6H,3-4H2,1-2H3;1-2H3. The Bertz CT molecular complexity index is 716. The second-order valence-electron chi connectivity index (χ2n) is 6.00. The lowest BCUT2D eigenvalue weighted by Crippen LogP contribution is -2.02. The molecule has 0 aliphatic rings. The fourth-order valence-electron chi connectivity index (χ4n) is 2.49. The van der Waals surface area contributed by atoms with E-state index < -0.39 is 0 Å². The van der Waals surface area contributed by atoms with E-state index >= 15 is 0 Å². The van der Waals surface area contributed by atoms with Gasteiger partial charge in [0.1, 0.15) is 11.6 Å². The van der Waals surface area contributed by atoms with Crippen LogP contribution >= 0.6 is 23.2 Å². The Balaban J connectivity index is 0.000000460. The van der Waals surface area contributed by atoms with Gasteiger partial charge in [-0.05, 0) is 36.8 Å². The largest absolute Gasteiger partial charge is 0.256 e. The quantitative estimate of drug-likeness (QED) is 0.488. The molecule has 1 heterocycles. The molecule has 0 aliphatic heterocycles. The van der Waals surface area contributed by atoms with Crippen LogP contribution in [-0.2, 0) is 19.3 Å². The van der Waals surface area contributed by atoms with Crippen molar-refractivity contribution in [2.24, 2.45) is 0 Å². The van der Waals surface area contributed by atoms with Crippen molar-refractivity contribution in [3.8, 4) is 0 Å². The van der Waals surface area contributed by atoms with Gasteiger partial charge in [0.25, 0.3) is 0 Å². The van der Waals surface area contributed by atoms with Crippen molar-refractivity contribution in [3.05, 3.63) is 62.4 Å². The summed E-state index contributed by atoms with van der Waals surface area (Å²) in [6, 6.07) is 3.51. The van der Waals surface area contributed by atoms with Crippen LogP contribution in [0.1, 0.15) is 76.8 Å². The van der Waals surface area contributed by atoms with Crippen LogP contribution in [-0.4, -0.2) is 4.98 Å². The van der Waals surface area contributed by atoms with Crippen molar-refractivity contribution in [1.82, 2.24) is 4.98 Å². The Morgan fingerprint density at radius 3 is 1.81 bits per heavy atom. The lowest BCUT2D eigenvalue weighted by Gasteiger charge is -2.09. The Morgan fingerprint density at radius 1 is 0.852 bits per heavy atom. The lowest BCUT2D eigenvalue weighted by atomic mass is 10.1. The molecule has 1 nitrogen and oxygen atoms in total. The highest BCUT2D eigenvalue weighted by atomic mass is 35.5. The molecule has 0 N–H and O–H groups in total. The maximum absolute atomic E-state index is 13.6. The minimum Gasteiger partial charge on any atom is -0.256 e. The first kappa shape index (κ1) is 25.8. The number of pyridine rings is 1. The van der Waals surface area contributed by atoms with Crippen LogP contribution < -0.4 is 0 Å². The van der Waals surface area contributed by atoms with Crippen molar-refractivity contribution in [2.75, 3.05) is 0 Å². The summed E-state index contributed by atoms with van der Waals surface area (Å²) < 4.78 is 27.1. The zero-order valence-electron chi connectivity index (χ0n) is 17.4. The van der Waals surface area contributed by atoms with Crippen LogP contribution in [0, 0.1) is 11.6 Å². The van der Waals surface area contributed by atoms with Crippen LogP contribution in [0.15, 0.2) is 18.3 Å². The van der Waals surface area contributed by atoms with E-state index in [0.717, 1.165) is 12.0 Å². The van der Waals surface area contributed by atoms with Gasteiger partial charge in [0.05, 0.1) is 10.7 Å². The molecule has 0 fully saturated rings. The zero-order valence-corrected chi connectivity index (χ0v) is 18.9. The summed E-state index contributed by atoms with van der Waals surface area (Å²) in [4.78, 5) is 3.98. The van der Waals surface area contributed by atoms with Gasteiger partial charge in [-0.25, -0.2) is 8.78 Å². The average Bonchev–Trinajstić information content (AvgIpc) is 2.64. The number of hydrogen-bond donors (Lipinski definition) is 0. The van der Waals surface area contributed by atoms with Gasteiger partial charge in [-0.1, -0.05) is 77.7 Å². The zero-order chi connectivity index (χ0) is 21.1. The summed E-state index contributed by atoms with van der Waals surface area (Å²) in [6.07, 6.45) is 3.50. The summed E-state index contributed by atoms with van der Waals surface area (Å²) >= 11 is 11.6. The van der Waals surface area contributed by atoms with Gasteiger partial charge in [-0.2, -0.15) is 0 Å². The third kappa shape index (κ3) is 7.04. The van der Waals surface area contributed by atoms with E-state index in [2.05, 4.69) is 4.98 Å². The molecule has 152 valence electrons. The third-order valence-corrected chi connectivity index (χ3v) is 4.68. The van der Waals surface area contributed by atoms with E-state index in [9.17, 15) is 8.78 Å². The number of halogens is 4. The molecule has 0 saturated heterocycles. The predicted molar refractivity (Wildman–Crippen MR) is 114 cm³/mol. The van der Waals surface area contributed by atoms with E-state index in [1.165, 1.54) is 6.20 Å². The summed E-state index contributed by atoms with van der Waals surface area (Å²) in [6.45, 7) is 13.6. The number of aromatic nitrogens is 1. The van der Waals surface area contributed by atoms with E-state index in [-0.39, 0.29) is 17.6 Å². The molecule has 2 rings (SSSR count). The smallest absolute Gasteiger partial charge is 0.149 e. The molecule has 1 aromatic heterocycles. The van der Waals surface area contributed by atoms with Crippen LogP contribution in [0.3, 0.4) is 0 Å². The number of rotatable bonds is 4. The normalized spacial score (nSPS) is 10.1. The van der Waals surface area contributed by atoms with Crippen LogP contribution in [0.5, 0.6) is 0 Å². The molecule has 0 atom stereocenters. The minimum absolute atomic E-state index is 0.0996. The molecule has 0 radical (unpaired) electrons. The van der Waals surface area contributed by atoms with E-state index in [1.54, 1.807) is 12.1 Å². The molecule has 0 unspecified atom stereocenters. The first-order valence-corrected chi connectivity index (χ1v) is 10.3. The molecule has 2 aromatic rings. The molecule has 0 amide bonds. The summed E-state index contributed by atoms with van der Waals surface area (Å²) in [5, 5.41) is 0.955. The highest BCUT2D eigenvalue weighted by Crippen LogP contribution is 2.25. The van der Waals surface area contributed by atoms with Gasteiger partial charge >= 0.3 is 0 Å². The van der Waals surface area contributed by atoms with Gasteiger partial charge in [-0.15, -0.1) is 0 Å². The van der Waals surface area contributed by atoms with E-state index in [1.807, 2.05) is 48.5 Å². The van der Waals surface area contributed by atoms with Crippen molar-refractivity contribution in [2.45, 2.75) is 73.6 Å². The maximum Gasteiger partial charge on any atom is 0.149 e. The van der Waals surface area contributed by atoms with Crippen LogP contribution in [0.25, 0.3) is 0 Å². The second-order valence-corrected chi connectivity index (χ2v) is 6.81. The van der Waals surface area contributed by atoms with Crippen molar-refractivity contribution < 1.29 is 8.78 Å². The molecule has 1 aromatic carbocycles. The highest BCUT2D eigenvalue weighted by molar-refractivity contribution is 6.31. The summed E-state index contributed by atoms with van der Waals surface area (Å²) in [5.74, 6) is -0.278. The number of nitrogens with zero attached hydrogens (tertiary/aromatic N) is 1. The van der Waals surface area contributed by atoms with Crippen molar-refractivity contribution in [1.29, 1.82) is 0 Å². The van der Waals surface area contributed by atoms with E-state index in [0.29, 0.717) is 39.7 Å². The Kier molecular flexibility index (Phi) is 12.5. The minimum atomic E-state index is -0.245. The Labute approximate surface area is 173 Å². The second kappa shape index (κ2) is 13.1. The topological polar surface area (TPSA) is 12.9 Å². The number of hydrogen-bond acceptors (Lipinski definition) is 1. The average molecular weight is 418 g/mol. The first-order valence-electron chi connectivity index (χ1n) is 9.56. The number of benzene rings is 1. The maximum atomic E-state index is 13.6. The SMILES string of the molecule is CC.CCc1c(Cl)cnc(C(C)C)c1F.CCc1ccc(Cl)c(CC)c1F. The van der Waals surface area contributed by atoms with Crippen LogP contribution in [0.2, 0.25) is 10.0 Å². The first-order chi connectivity index (χ1) is 12.8. The molecular formula is C22H31Cl2F2N. The number of aryl methyl sites for hydroxylation is 1. The van der Waals surface area contributed by atoms with Gasteiger partial charge in [0.15, 0.2) is 0 Å². The molecule has 0 spiro atoms. The summed E-state index contributed by atoms with van der Waals surface area (Å²) in [5.41, 5.74) is 2.45. The van der Waals surface area contributed by atoms with Gasteiger partial charge in [-0.3, -0.25) is 4.98 Å². The Hall–Kier alpha value is -1.19. The van der Waals surface area contributed by atoms with Gasteiger partial charge < -0.3 is 0 Å². The predicted octanol–water partition coefficient (Wildman–Crippen LogP) is 8.19. The molecule has 5 heteroatoms. The fraction of sp³-hybridized carbons (Fsp3) is 0.500. The molecular weight excluding hydrogens is 387 g/mol. The van der Waals surface area contributed by atoms with Gasteiger partial charge in [0, 0.05) is 22.3 Å².